The van der Waals surface area contributed by atoms with Gasteiger partial charge in [-0.05, 0) is 18.1 Å². The van der Waals surface area contributed by atoms with Gasteiger partial charge in [-0.3, -0.25) is 0 Å². The molecule has 0 spiro atoms. The highest BCUT2D eigenvalue weighted by molar-refractivity contribution is 8.13. The first-order chi connectivity index (χ1) is 7.80. The molecule has 1 aromatic carbocycles. The zero-order valence-corrected chi connectivity index (χ0v) is 11.2. The molecule has 0 radical (unpaired) electrons. The van der Waals surface area contributed by atoms with Gasteiger partial charge in [-0.25, -0.2) is 16.8 Å². The van der Waals surface area contributed by atoms with Gasteiger partial charge in [0.25, 0.3) is 9.05 Å². The Morgan fingerprint density at radius 2 is 1.88 bits per heavy atom. The van der Waals surface area contributed by atoms with Crippen LogP contribution in [0.5, 0.6) is 0 Å². The van der Waals surface area contributed by atoms with Crippen molar-refractivity contribution in [2.75, 3.05) is 11.5 Å². The summed E-state index contributed by atoms with van der Waals surface area (Å²) < 4.78 is 45.6. The molecular formula is C10H11ClO4S2. The highest BCUT2D eigenvalue weighted by Gasteiger charge is 2.32. The van der Waals surface area contributed by atoms with Crippen molar-refractivity contribution < 1.29 is 16.8 Å². The Hall–Kier alpha value is -0.590. The van der Waals surface area contributed by atoms with Crippen LogP contribution in [0.1, 0.15) is 17.9 Å². The third kappa shape index (κ3) is 2.81. The van der Waals surface area contributed by atoms with Crippen LogP contribution in [0.15, 0.2) is 29.2 Å². The fraction of sp³-hybridized carbons (Fsp3) is 0.400. The van der Waals surface area contributed by atoms with Gasteiger partial charge in [0.2, 0.25) is 0 Å². The van der Waals surface area contributed by atoms with Crippen molar-refractivity contribution in [2.24, 2.45) is 0 Å². The molecule has 0 aliphatic carbocycles. The van der Waals surface area contributed by atoms with Crippen LogP contribution in [0.4, 0.5) is 0 Å². The molecule has 7 heteroatoms. The fourth-order valence-corrected chi connectivity index (χ4v) is 5.03. The quantitative estimate of drug-likeness (QED) is 0.776. The van der Waals surface area contributed by atoms with Crippen LogP contribution < -0.4 is 0 Å². The highest BCUT2D eigenvalue weighted by Crippen LogP contribution is 2.33. The Kier molecular flexibility index (Phi) is 3.22. The molecule has 0 saturated carbocycles. The Morgan fingerprint density at radius 3 is 2.41 bits per heavy atom. The summed E-state index contributed by atoms with van der Waals surface area (Å²) in [5, 5.41) is 0. The van der Waals surface area contributed by atoms with Gasteiger partial charge in [0.1, 0.15) is 0 Å². The van der Waals surface area contributed by atoms with Gasteiger partial charge in [-0.2, -0.15) is 0 Å². The molecule has 1 saturated heterocycles. The molecule has 1 fully saturated rings. The predicted molar refractivity (Wildman–Crippen MR) is 65.5 cm³/mol. The van der Waals surface area contributed by atoms with E-state index in [9.17, 15) is 16.8 Å². The molecule has 1 aromatic rings. The number of hydrogen-bond donors (Lipinski definition) is 0. The first-order valence-corrected chi connectivity index (χ1v) is 9.17. The molecule has 4 nitrogen and oxygen atoms in total. The molecule has 1 aliphatic rings. The lowest BCUT2D eigenvalue weighted by Crippen LogP contribution is -2.07. The number of benzene rings is 1. The third-order valence-corrected chi connectivity index (χ3v) is 6.02. The van der Waals surface area contributed by atoms with Gasteiger partial charge in [0, 0.05) is 16.6 Å². The van der Waals surface area contributed by atoms with Crippen molar-refractivity contribution in [3.8, 4) is 0 Å². The summed E-state index contributed by atoms with van der Waals surface area (Å²) in [4.78, 5) is 0.0174. The topological polar surface area (TPSA) is 68.3 Å². The summed E-state index contributed by atoms with van der Waals surface area (Å²) in [6.45, 7) is 0. The SMILES string of the molecule is O=S1(=O)CCC(c2ccccc2S(=O)(=O)Cl)C1. The van der Waals surface area contributed by atoms with Crippen molar-refractivity contribution in [1.82, 2.24) is 0 Å². The normalized spacial score (nSPS) is 23.7. The van der Waals surface area contributed by atoms with Gasteiger partial charge in [0.15, 0.2) is 9.84 Å². The molecule has 0 amide bonds. The third-order valence-electron chi connectivity index (χ3n) is 2.85. The molecule has 2 rings (SSSR count). The maximum atomic E-state index is 11.4. The lowest BCUT2D eigenvalue weighted by Gasteiger charge is -2.11. The van der Waals surface area contributed by atoms with Crippen molar-refractivity contribution >= 4 is 29.6 Å². The average molecular weight is 295 g/mol. The lowest BCUT2D eigenvalue weighted by molar-refractivity contribution is 0.599. The fourth-order valence-electron chi connectivity index (χ4n) is 2.08. The van der Waals surface area contributed by atoms with Crippen molar-refractivity contribution in [2.45, 2.75) is 17.2 Å². The summed E-state index contributed by atoms with van der Waals surface area (Å²) in [6, 6.07) is 6.29. The monoisotopic (exact) mass is 294 g/mol. The summed E-state index contributed by atoms with van der Waals surface area (Å²) in [7, 11) is -1.54. The minimum atomic E-state index is -3.83. The minimum absolute atomic E-state index is 0.00355. The molecule has 0 N–H and O–H groups in total. The van der Waals surface area contributed by atoms with E-state index in [1.54, 1.807) is 18.2 Å². The number of halogens is 1. The number of rotatable bonds is 2. The molecule has 94 valence electrons. The largest absolute Gasteiger partial charge is 0.261 e. The van der Waals surface area contributed by atoms with Gasteiger partial charge in [-0.1, -0.05) is 18.2 Å². The molecule has 1 heterocycles. The Morgan fingerprint density at radius 1 is 1.24 bits per heavy atom. The smallest absolute Gasteiger partial charge is 0.229 e. The second kappa shape index (κ2) is 4.26. The number of hydrogen-bond acceptors (Lipinski definition) is 4. The molecule has 1 aliphatic heterocycles. The molecule has 0 aromatic heterocycles. The van der Waals surface area contributed by atoms with E-state index >= 15 is 0 Å². The van der Waals surface area contributed by atoms with Crippen LogP contribution in [-0.2, 0) is 18.9 Å². The second-order valence-corrected chi connectivity index (χ2v) is 8.84. The summed E-state index contributed by atoms with van der Waals surface area (Å²) >= 11 is 0. The van der Waals surface area contributed by atoms with Crippen LogP contribution >= 0.6 is 10.7 Å². The van der Waals surface area contributed by atoms with Crippen LogP contribution in [0.2, 0.25) is 0 Å². The van der Waals surface area contributed by atoms with E-state index in [0.29, 0.717) is 12.0 Å². The molecule has 17 heavy (non-hydrogen) atoms. The maximum absolute atomic E-state index is 11.4. The number of sulfone groups is 1. The Balaban J connectivity index is 2.48. The zero-order chi connectivity index (χ0) is 12.7. The molecule has 1 atom stereocenters. The maximum Gasteiger partial charge on any atom is 0.261 e. The van der Waals surface area contributed by atoms with E-state index in [1.165, 1.54) is 6.07 Å². The van der Waals surface area contributed by atoms with Crippen molar-refractivity contribution in [3.63, 3.8) is 0 Å². The van der Waals surface area contributed by atoms with Crippen molar-refractivity contribution in [1.29, 1.82) is 0 Å². The van der Waals surface area contributed by atoms with Gasteiger partial charge >= 0.3 is 0 Å². The second-order valence-electron chi connectivity index (χ2n) is 4.08. The van der Waals surface area contributed by atoms with E-state index in [2.05, 4.69) is 0 Å². The molecular weight excluding hydrogens is 284 g/mol. The van der Waals surface area contributed by atoms with E-state index in [0.717, 1.165) is 0 Å². The first kappa shape index (κ1) is 12.9. The van der Waals surface area contributed by atoms with Crippen LogP contribution in [0.25, 0.3) is 0 Å². The average Bonchev–Trinajstić information content (AvgIpc) is 2.58. The minimum Gasteiger partial charge on any atom is -0.229 e. The van der Waals surface area contributed by atoms with E-state index in [1.807, 2.05) is 0 Å². The zero-order valence-electron chi connectivity index (χ0n) is 8.84. The van der Waals surface area contributed by atoms with E-state index in [-0.39, 0.29) is 22.3 Å². The Labute approximate surface area is 105 Å². The standard InChI is InChI=1S/C10H11ClO4S2/c11-17(14,15)10-4-2-1-3-9(10)8-5-6-16(12,13)7-8/h1-4,8H,5-7H2. The van der Waals surface area contributed by atoms with E-state index < -0.39 is 18.9 Å². The van der Waals surface area contributed by atoms with Gasteiger partial charge < -0.3 is 0 Å². The molecule has 1 unspecified atom stereocenters. The summed E-state index contributed by atoms with van der Waals surface area (Å²) in [5.74, 6) is -0.171. The summed E-state index contributed by atoms with van der Waals surface area (Å²) in [5.41, 5.74) is 0.503. The van der Waals surface area contributed by atoms with E-state index in [4.69, 9.17) is 10.7 Å². The summed E-state index contributed by atoms with van der Waals surface area (Å²) in [6.07, 6.45) is 0.450. The van der Waals surface area contributed by atoms with Crippen LogP contribution in [0, 0.1) is 0 Å². The van der Waals surface area contributed by atoms with Gasteiger partial charge in [0.05, 0.1) is 16.4 Å². The van der Waals surface area contributed by atoms with Crippen molar-refractivity contribution in [3.05, 3.63) is 29.8 Å². The lowest BCUT2D eigenvalue weighted by atomic mass is 9.99. The predicted octanol–water partition coefficient (Wildman–Crippen LogP) is 1.52. The van der Waals surface area contributed by atoms with Gasteiger partial charge in [-0.15, -0.1) is 0 Å². The first-order valence-electron chi connectivity index (χ1n) is 5.03. The highest BCUT2D eigenvalue weighted by atomic mass is 35.7. The van der Waals surface area contributed by atoms with Crippen LogP contribution in [-0.4, -0.2) is 28.3 Å². The molecule has 0 bridgehead atoms. The Bertz CT molecular complexity index is 634. The van der Waals surface area contributed by atoms with Crippen LogP contribution in [0.3, 0.4) is 0 Å².